The zero-order valence-corrected chi connectivity index (χ0v) is 12.6. The van der Waals surface area contributed by atoms with Crippen LogP contribution in [0.1, 0.15) is 29.6 Å². The van der Waals surface area contributed by atoms with Crippen LogP contribution >= 0.6 is 0 Å². The molecule has 2 bridgehead atoms. The zero-order valence-electron chi connectivity index (χ0n) is 12.6. The number of fused-ring (bicyclic) bond motifs is 4. The van der Waals surface area contributed by atoms with Crippen molar-refractivity contribution in [1.82, 2.24) is 9.80 Å². The summed E-state index contributed by atoms with van der Waals surface area (Å²) in [5.41, 5.74) is 0.737. The summed E-state index contributed by atoms with van der Waals surface area (Å²) in [6.07, 6.45) is 2.37. The fourth-order valence-electron chi connectivity index (χ4n) is 3.62. The van der Waals surface area contributed by atoms with E-state index in [9.17, 15) is 9.59 Å². The van der Waals surface area contributed by atoms with Gasteiger partial charge in [0, 0.05) is 37.8 Å². The first-order valence-corrected chi connectivity index (χ1v) is 7.93. The third-order valence-corrected chi connectivity index (χ3v) is 4.75. The molecule has 0 radical (unpaired) electrons. The number of benzene rings is 1. The Bertz CT molecular complexity index is 546. The van der Waals surface area contributed by atoms with E-state index in [-0.39, 0.29) is 12.3 Å². The van der Waals surface area contributed by atoms with Gasteiger partial charge < -0.3 is 10.0 Å². The van der Waals surface area contributed by atoms with E-state index in [1.54, 1.807) is 0 Å². The number of piperidine rings is 1. The molecular formula is C17H22N2O3. The molecule has 3 fully saturated rings. The van der Waals surface area contributed by atoms with Gasteiger partial charge in [0.2, 0.25) is 0 Å². The van der Waals surface area contributed by atoms with Gasteiger partial charge in [0.15, 0.2) is 0 Å². The van der Waals surface area contributed by atoms with Gasteiger partial charge in [-0.2, -0.15) is 0 Å². The van der Waals surface area contributed by atoms with E-state index >= 15 is 0 Å². The van der Waals surface area contributed by atoms with Crippen molar-refractivity contribution in [2.75, 3.05) is 26.2 Å². The molecule has 0 spiro atoms. The molecule has 0 saturated carbocycles. The molecule has 1 amide bonds. The molecule has 0 aliphatic carbocycles. The summed E-state index contributed by atoms with van der Waals surface area (Å²) in [4.78, 5) is 27.7. The van der Waals surface area contributed by atoms with E-state index in [4.69, 9.17) is 5.11 Å². The summed E-state index contributed by atoms with van der Waals surface area (Å²) in [5, 5.41) is 8.88. The maximum Gasteiger partial charge on any atom is 0.304 e. The Labute approximate surface area is 130 Å². The second-order valence-corrected chi connectivity index (χ2v) is 6.31. The minimum Gasteiger partial charge on any atom is -0.481 e. The van der Waals surface area contributed by atoms with Crippen molar-refractivity contribution in [3.63, 3.8) is 0 Å². The lowest BCUT2D eigenvalue weighted by molar-refractivity contribution is -0.137. The van der Waals surface area contributed by atoms with E-state index in [0.717, 1.165) is 31.5 Å². The highest BCUT2D eigenvalue weighted by Gasteiger charge is 2.36. The maximum atomic E-state index is 12.7. The second-order valence-electron chi connectivity index (χ2n) is 6.31. The number of amides is 1. The molecule has 2 atom stereocenters. The molecule has 1 aromatic carbocycles. The largest absolute Gasteiger partial charge is 0.481 e. The summed E-state index contributed by atoms with van der Waals surface area (Å²) >= 11 is 0. The first kappa shape index (κ1) is 15.0. The first-order chi connectivity index (χ1) is 10.6. The Morgan fingerprint density at radius 2 is 1.86 bits per heavy atom. The molecule has 1 N–H and O–H groups in total. The predicted octanol–water partition coefficient (Wildman–Crippen LogP) is 1.70. The van der Waals surface area contributed by atoms with Gasteiger partial charge in [-0.3, -0.25) is 14.5 Å². The second kappa shape index (κ2) is 6.48. The molecule has 5 nitrogen and oxygen atoms in total. The van der Waals surface area contributed by atoms with Crippen LogP contribution in [0, 0.1) is 5.92 Å². The number of carbonyl (C=O) groups excluding carboxylic acids is 1. The van der Waals surface area contributed by atoms with Crippen LogP contribution in [0.4, 0.5) is 0 Å². The smallest absolute Gasteiger partial charge is 0.304 e. The summed E-state index contributed by atoms with van der Waals surface area (Å²) in [6, 6.07) is 9.70. The van der Waals surface area contributed by atoms with Crippen LogP contribution in [-0.4, -0.2) is 59.0 Å². The lowest BCUT2D eigenvalue weighted by Crippen LogP contribution is -2.45. The number of carbonyl (C=O) groups is 2. The van der Waals surface area contributed by atoms with E-state index in [1.165, 1.54) is 0 Å². The molecule has 118 valence electrons. The number of hydrogen-bond acceptors (Lipinski definition) is 3. The monoisotopic (exact) mass is 302 g/mol. The van der Waals surface area contributed by atoms with Crippen molar-refractivity contribution in [3.05, 3.63) is 35.9 Å². The van der Waals surface area contributed by atoms with E-state index < -0.39 is 5.97 Å². The highest BCUT2D eigenvalue weighted by molar-refractivity contribution is 5.94. The summed E-state index contributed by atoms with van der Waals surface area (Å²) < 4.78 is 0. The Balaban J connectivity index is 1.69. The quantitative estimate of drug-likeness (QED) is 0.919. The van der Waals surface area contributed by atoms with Crippen LogP contribution in [0.2, 0.25) is 0 Å². The van der Waals surface area contributed by atoms with Gasteiger partial charge >= 0.3 is 5.97 Å². The molecule has 0 aromatic heterocycles. The van der Waals surface area contributed by atoms with Gasteiger partial charge in [-0.25, -0.2) is 0 Å². The molecular weight excluding hydrogens is 280 g/mol. The van der Waals surface area contributed by atoms with Crippen molar-refractivity contribution in [3.8, 4) is 0 Å². The summed E-state index contributed by atoms with van der Waals surface area (Å²) in [6.45, 7) is 3.00. The SMILES string of the molecule is O=C(O)CCN1C[C@H]2CC[C@@H]1CN(C(=O)c1ccccc1)C2. The Morgan fingerprint density at radius 3 is 2.59 bits per heavy atom. The average molecular weight is 302 g/mol. The number of carboxylic acid groups (broad SMARTS) is 1. The third-order valence-electron chi connectivity index (χ3n) is 4.75. The van der Waals surface area contributed by atoms with Crippen LogP contribution in [0.25, 0.3) is 0 Å². The van der Waals surface area contributed by atoms with Crippen molar-refractivity contribution in [1.29, 1.82) is 0 Å². The van der Waals surface area contributed by atoms with Gasteiger partial charge in [0.25, 0.3) is 5.91 Å². The number of nitrogens with zero attached hydrogens (tertiary/aromatic N) is 2. The maximum absolute atomic E-state index is 12.7. The molecule has 1 aromatic rings. The van der Waals surface area contributed by atoms with Gasteiger partial charge in [-0.1, -0.05) is 18.2 Å². The van der Waals surface area contributed by atoms with Crippen molar-refractivity contribution >= 4 is 11.9 Å². The molecule has 4 rings (SSSR count). The van der Waals surface area contributed by atoms with Crippen LogP contribution in [0.3, 0.4) is 0 Å². The minimum atomic E-state index is -0.752. The number of hydrogen-bond donors (Lipinski definition) is 1. The summed E-state index contributed by atoms with van der Waals surface area (Å²) in [7, 11) is 0. The van der Waals surface area contributed by atoms with Gasteiger partial charge in [0.1, 0.15) is 0 Å². The highest BCUT2D eigenvalue weighted by Crippen LogP contribution is 2.28. The van der Waals surface area contributed by atoms with Gasteiger partial charge in [-0.05, 0) is 30.9 Å². The van der Waals surface area contributed by atoms with E-state index in [2.05, 4.69) is 4.90 Å². The zero-order chi connectivity index (χ0) is 15.5. The molecule has 22 heavy (non-hydrogen) atoms. The standard InChI is InChI=1S/C17H22N2O3/c20-16(21)8-9-18-10-13-6-7-15(18)12-19(11-13)17(22)14-4-2-1-3-5-14/h1-5,13,15H,6-12H2,(H,20,21)/t13-,15-/m1/s1. The summed E-state index contributed by atoms with van der Waals surface area (Å²) in [5.74, 6) is -0.199. The Morgan fingerprint density at radius 1 is 1.09 bits per heavy atom. The van der Waals surface area contributed by atoms with Gasteiger partial charge in [-0.15, -0.1) is 0 Å². The van der Waals surface area contributed by atoms with Crippen LogP contribution in [0.15, 0.2) is 30.3 Å². The first-order valence-electron chi connectivity index (χ1n) is 7.93. The van der Waals surface area contributed by atoms with E-state index in [0.29, 0.717) is 25.0 Å². The van der Waals surface area contributed by atoms with Crippen molar-refractivity contribution in [2.24, 2.45) is 5.92 Å². The number of rotatable bonds is 4. The molecule has 3 heterocycles. The Hall–Kier alpha value is -1.88. The van der Waals surface area contributed by atoms with Crippen molar-refractivity contribution in [2.45, 2.75) is 25.3 Å². The van der Waals surface area contributed by atoms with Crippen LogP contribution < -0.4 is 0 Å². The third kappa shape index (κ3) is 3.30. The minimum absolute atomic E-state index is 0.0950. The molecule has 0 unspecified atom stereocenters. The Kier molecular flexibility index (Phi) is 4.43. The highest BCUT2D eigenvalue weighted by atomic mass is 16.4. The normalized spacial score (nSPS) is 25.0. The fourth-order valence-corrected chi connectivity index (χ4v) is 3.62. The van der Waals surface area contributed by atoms with Crippen LogP contribution in [-0.2, 0) is 4.79 Å². The van der Waals surface area contributed by atoms with E-state index in [1.807, 2.05) is 35.2 Å². The number of aliphatic carboxylic acids is 1. The lowest BCUT2D eigenvalue weighted by atomic mass is 9.95. The van der Waals surface area contributed by atoms with Gasteiger partial charge in [0.05, 0.1) is 6.42 Å². The lowest BCUT2D eigenvalue weighted by Gasteiger charge is -2.35. The van der Waals surface area contributed by atoms with Crippen molar-refractivity contribution < 1.29 is 14.7 Å². The average Bonchev–Trinajstić information content (AvgIpc) is 2.84. The number of carboxylic acids is 1. The predicted molar refractivity (Wildman–Crippen MR) is 82.7 cm³/mol. The molecule has 3 saturated heterocycles. The topological polar surface area (TPSA) is 60.9 Å². The fraction of sp³-hybridized carbons (Fsp3) is 0.529. The molecule has 3 aliphatic heterocycles. The molecule has 5 heteroatoms. The van der Waals surface area contributed by atoms with Crippen LogP contribution in [0.5, 0.6) is 0 Å². The molecule has 3 aliphatic rings.